The van der Waals surface area contributed by atoms with Gasteiger partial charge in [-0.05, 0) is 47.1 Å². The Morgan fingerprint density at radius 2 is 1.85 bits per heavy atom. The number of carbonyl (C=O) groups excluding carboxylic acids is 1. The van der Waals surface area contributed by atoms with Gasteiger partial charge in [0.05, 0.1) is 0 Å². The maximum Gasteiger partial charge on any atom is 0.389 e. The predicted octanol–water partition coefficient (Wildman–Crippen LogP) is 5.62. The summed E-state index contributed by atoms with van der Waals surface area (Å²) in [7, 11) is 0. The molecule has 0 heterocycles. The zero-order chi connectivity index (χ0) is 15.2. The van der Waals surface area contributed by atoms with Crippen LogP contribution in [0.25, 0.3) is 0 Å². The van der Waals surface area contributed by atoms with Crippen molar-refractivity contribution in [2.75, 3.05) is 0 Å². The van der Waals surface area contributed by atoms with E-state index in [2.05, 4.69) is 22.6 Å². The summed E-state index contributed by atoms with van der Waals surface area (Å²) in [6.07, 6.45) is -3.09. The molecule has 0 saturated carbocycles. The van der Waals surface area contributed by atoms with Crippen LogP contribution in [0.2, 0.25) is 0 Å². The zero-order valence-corrected chi connectivity index (χ0v) is 13.5. The highest BCUT2D eigenvalue weighted by atomic mass is 127. The van der Waals surface area contributed by atoms with Crippen LogP contribution in [0.4, 0.5) is 13.2 Å². The molecule has 0 radical (unpaired) electrons. The summed E-state index contributed by atoms with van der Waals surface area (Å²) in [5.74, 6) is -0.812. The Balaban J connectivity index is 2.67. The van der Waals surface area contributed by atoms with E-state index >= 15 is 0 Å². The van der Waals surface area contributed by atoms with Crippen molar-refractivity contribution in [3.05, 3.63) is 33.4 Å². The van der Waals surface area contributed by atoms with Crippen LogP contribution in [0.1, 0.15) is 49.4 Å². The van der Waals surface area contributed by atoms with Crippen molar-refractivity contribution in [1.82, 2.24) is 0 Å². The predicted molar refractivity (Wildman–Crippen MR) is 81.8 cm³/mol. The minimum Gasteiger partial charge on any atom is -0.294 e. The van der Waals surface area contributed by atoms with Crippen molar-refractivity contribution in [1.29, 1.82) is 0 Å². The average molecular weight is 398 g/mol. The fourth-order valence-electron chi connectivity index (χ4n) is 2.11. The Morgan fingerprint density at radius 1 is 1.25 bits per heavy atom. The van der Waals surface area contributed by atoms with E-state index in [0.29, 0.717) is 12.0 Å². The lowest BCUT2D eigenvalue weighted by Gasteiger charge is -2.17. The number of unbranched alkanes of at least 4 members (excludes halogenated alkanes) is 1. The number of carbonyl (C=O) groups is 1. The van der Waals surface area contributed by atoms with E-state index in [9.17, 15) is 18.0 Å². The van der Waals surface area contributed by atoms with Crippen LogP contribution in [0.5, 0.6) is 0 Å². The Hall–Kier alpha value is -0.590. The molecule has 0 aliphatic heterocycles. The number of Topliss-reactive ketones (excluding diaryl/α,β-unsaturated/α-hetero) is 1. The van der Waals surface area contributed by atoms with Gasteiger partial charge < -0.3 is 0 Å². The Labute approximate surface area is 131 Å². The van der Waals surface area contributed by atoms with E-state index in [4.69, 9.17) is 0 Å². The number of halogens is 4. The molecule has 1 aromatic rings. The van der Waals surface area contributed by atoms with E-state index < -0.39 is 18.5 Å². The van der Waals surface area contributed by atoms with Crippen LogP contribution in [-0.2, 0) is 0 Å². The molecule has 20 heavy (non-hydrogen) atoms. The van der Waals surface area contributed by atoms with Crippen LogP contribution in [0, 0.1) is 9.49 Å². The first kappa shape index (κ1) is 17.5. The maximum absolute atomic E-state index is 12.5. The molecule has 0 fully saturated rings. The van der Waals surface area contributed by atoms with Crippen molar-refractivity contribution in [3.63, 3.8) is 0 Å². The van der Waals surface area contributed by atoms with Crippen molar-refractivity contribution < 1.29 is 18.0 Å². The van der Waals surface area contributed by atoms with Gasteiger partial charge in [0.25, 0.3) is 0 Å². The number of benzene rings is 1. The van der Waals surface area contributed by atoms with E-state index in [-0.39, 0.29) is 12.2 Å². The maximum atomic E-state index is 12.5. The highest BCUT2D eigenvalue weighted by molar-refractivity contribution is 14.1. The largest absolute Gasteiger partial charge is 0.389 e. The van der Waals surface area contributed by atoms with Gasteiger partial charge in [-0.25, -0.2) is 0 Å². The quantitative estimate of drug-likeness (QED) is 0.430. The summed E-state index contributed by atoms with van der Waals surface area (Å²) in [6, 6.07) is 6.93. The van der Waals surface area contributed by atoms with Crippen LogP contribution < -0.4 is 0 Å². The van der Waals surface area contributed by atoms with E-state index in [0.717, 1.165) is 16.4 Å². The smallest absolute Gasteiger partial charge is 0.294 e. The van der Waals surface area contributed by atoms with E-state index in [1.54, 1.807) is 24.3 Å². The molecule has 5 heteroatoms. The number of ketones is 1. The SMILES string of the molecule is CCCCC(CC(=O)c1ccc(I)cc1)CC(F)(F)F. The summed E-state index contributed by atoms with van der Waals surface area (Å²) in [4.78, 5) is 12.0. The molecule has 1 aromatic carbocycles. The monoisotopic (exact) mass is 398 g/mol. The molecular weight excluding hydrogens is 380 g/mol. The van der Waals surface area contributed by atoms with Gasteiger partial charge in [0.2, 0.25) is 0 Å². The van der Waals surface area contributed by atoms with Gasteiger partial charge in [-0.15, -0.1) is 0 Å². The minimum atomic E-state index is -4.20. The third-order valence-corrected chi connectivity index (χ3v) is 3.85. The van der Waals surface area contributed by atoms with Crippen molar-refractivity contribution >= 4 is 28.4 Å². The fraction of sp³-hybridized carbons (Fsp3) is 0.533. The molecule has 0 aliphatic rings. The lowest BCUT2D eigenvalue weighted by molar-refractivity contribution is -0.144. The number of alkyl halides is 3. The van der Waals surface area contributed by atoms with E-state index in [1.807, 2.05) is 6.92 Å². The molecule has 1 atom stereocenters. The molecule has 1 nitrogen and oxygen atoms in total. The molecule has 0 N–H and O–H groups in total. The van der Waals surface area contributed by atoms with Gasteiger partial charge >= 0.3 is 6.18 Å². The molecule has 0 saturated heterocycles. The molecule has 1 unspecified atom stereocenters. The van der Waals surface area contributed by atoms with Crippen molar-refractivity contribution in [2.45, 2.75) is 45.2 Å². The number of hydrogen-bond donors (Lipinski definition) is 0. The number of hydrogen-bond acceptors (Lipinski definition) is 1. The highest BCUT2D eigenvalue weighted by Gasteiger charge is 2.32. The Bertz CT molecular complexity index is 426. The first-order valence-corrected chi connectivity index (χ1v) is 7.75. The summed E-state index contributed by atoms with van der Waals surface area (Å²) in [5, 5.41) is 0. The summed E-state index contributed by atoms with van der Waals surface area (Å²) in [5.41, 5.74) is 0.495. The summed E-state index contributed by atoms with van der Waals surface area (Å²) in [6.45, 7) is 1.94. The molecule has 0 bridgehead atoms. The third kappa shape index (κ3) is 6.72. The van der Waals surface area contributed by atoms with Crippen LogP contribution in [-0.4, -0.2) is 12.0 Å². The molecule has 0 amide bonds. The van der Waals surface area contributed by atoms with Gasteiger partial charge in [0.1, 0.15) is 0 Å². The van der Waals surface area contributed by atoms with Crippen LogP contribution in [0.3, 0.4) is 0 Å². The van der Waals surface area contributed by atoms with Crippen LogP contribution >= 0.6 is 22.6 Å². The lowest BCUT2D eigenvalue weighted by atomic mass is 9.91. The second kappa shape index (κ2) is 8.00. The Kier molecular flexibility index (Phi) is 6.99. The van der Waals surface area contributed by atoms with Crippen molar-refractivity contribution in [3.8, 4) is 0 Å². The zero-order valence-electron chi connectivity index (χ0n) is 11.3. The van der Waals surface area contributed by atoms with Gasteiger partial charge in [0.15, 0.2) is 5.78 Å². The highest BCUT2D eigenvalue weighted by Crippen LogP contribution is 2.30. The molecule has 0 spiro atoms. The molecule has 1 rings (SSSR count). The van der Waals surface area contributed by atoms with Crippen molar-refractivity contribution in [2.24, 2.45) is 5.92 Å². The van der Waals surface area contributed by atoms with Gasteiger partial charge in [0, 0.05) is 22.0 Å². The minimum absolute atomic E-state index is 0.0277. The van der Waals surface area contributed by atoms with E-state index in [1.165, 1.54) is 0 Å². The Morgan fingerprint density at radius 3 is 2.35 bits per heavy atom. The first-order valence-electron chi connectivity index (χ1n) is 6.67. The lowest BCUT2D eigenvalue weighted by Crippen LogP contribution is -2.18. The fourth-order valence-corrected chi connectivity index (χ4v) is 2.47. The molecule has 0 aliphatic carbocycles. The van der Waals surface area contributed by atoms with Gasteiger partial charge in [-0.1, -0.05) is 31.9 Å². The average Bonchev–Trinajstić information content (AvgIpc) is 2.35. The molecule has 0 aromatic heterocycles. The van der Waals surface area contributed by atoms with Gasteiger partial charge in [-0.2, -0.15) is 13.2 Å². The third-order valence-electron chi connectivity index (χ3n) is 3.13. The topological polar surface area (TPSA) is 17.1 Å². The summed E-state index contributed by atoms with van der Waals surface area (Å²) < 4.78 is 38.6. The van der Waals surface area contributed by atoms with Crippen LogP contribution in [0.15, 0.2) is 24.3 Å². The first-order chi connectivity index (χ1) is 9.31. The molecular formula is C15H18F3IO. The normalized spacial score (nSPS) is 13.2. The summed E-state index contributed by atoms with van der Waals surface area (Å²) >= 11 is 2.12. The molecule has 112 valence electrons. The number of rotatable bonds is 7. The van der Waals surface area contributed by atoms with Gasteiger partial charge in [-0.3, -0.25) is 4.79 Å². The standard InChI is InChI=1S/C15H18F3IO/c1-2-3-4-11(10-15(16,17)18)9-14(20)12-5-7-13(19)8-6-12/h5-8,11H,2-4,9-10H2,1H3. The second-order valence-corrected chi connectivity index (χ2v) is 6.21. The second-order valence-electron chi connectivity index (χ2n) is 4.96.